The third kappa shape index (κ3) is 4.15. The zero-order valence-corrected chi connectivity index (χ0v) is 17.9. The smallest absolute Gasteiger partial charge is 0.246 e. The molecule has 0 spiro atoms. The maximum atomic E-state index is 13.4. The second-order valence-electron chi connectivity index (χ2n) is 7.86. The highest BCUT2D eigenvalue weighted by atomic mass is 32.2. The highest BCUT2D eigenvalue weighted by Gasteiger charge is 2.34. The number of H-pyrrole nitrogens is 1. The maximum Gasteiger partial charge on any atom is 0.246 e. The van der Waals surface area contributed by atoms with Crippen molar-refractivity contribution in [3.05, 3.63) is 76.6 Å². The van der Waals surface area contributed by atoms with Crippen LogP contribution < -0.4 is 0 Å². The summed E-state index contributed by atoms with van der Waals surface area (Å²) in [7, 11) is -3.60. The van der Waals surface area contributed by atoms with Crippen LogP contribution in [0.25, 0.3) is 0 Å². The van der Waals surface area contributed by atoms with Gasteiger partial charge in [-0.2, -0.15) is 9.40 Å². The second kappa shape index (κ2) is 8.28. The van der Waals surface area contributed by atoms with Crippen LogP contribution in [0.2, 0.25) is 0 Å². The first-order chi connectivity index (χ1) is 14.3. The summed E-state index contributed by atoms with van der Waals surface area (Å²) in [5.41, 5.74) is 3.84. The van der Waals surface area contributed by atoms with E-state index in [1.807, 2.05) is 18.2 Å². The average Bonchev–Trinajstić information content (AvgIpc) is 3.07. The van der Waals surface area contributed by atoms with Crippen molar-refractivity contribution in [2.75, 3.05) is 13.1 Å². The molecule has 0 bridgehead atoms. The minimum atomic E-state index is -3.60. The number of benzene rings is 1. The van der Waals surface area contributed by atoms with Crippen LogP contribution in [0.1, 0.15) is 47.0 Å². The van der Waals surface area contributed by atoms with Crippen molar-refractivity contribution in [1.29, 1.82) is 0 Å². The quantitative estimate of drug-likeness (QED) is 0.672. The van der Waals surface area contributed by atoms with Crippen LogP contribution in [0, 0.1) is 19.7 Å². The summed E-state index contributed by atoms with van der Waals surface area (Å²) in [4.78, 5) is 4.88. The Labute approximate surface area is 176 Å². The molecule has 4 rings (SSSR count). The normalized spacial score (nSPS) is 17.9. The number of aryl methyl sites for hydroxylation is 2. The molecule has 1 aliphatic heterocycles. The molecule has 1 saturated heterocycles. The Hall–Kier alpha value is -2.58. The SMILES string of the molecule is Cc1n[nH]c(C)c1S(=O)(=O)N1CCC[C@@H](c2ccc(Cc3cccc(F)c3)cn2)C1. The molecule has 1 N–H and O–H groups in total. The number of piperidine rings is 1. The van der Waals surface area contributed by atoms with Gasteiger partial charge in [-0.25, -0.2) is 12.8 Å². The molecule has 0 amide bonds. The van der Waals surface area contributed by atoms with E-state index < -0.39 is 10.0 Å². The van der Waals surface area contributed by atoms with Gasteiger partial charge in [0, 0.05) is 30.9 Å². The van der Waals surface area contributed by atoms with Crippen molar-refractivity contribution in [3.8, 4) is 0 Å². The largest absolute Gasteiger partial charge is 0.281 e. The van der Waals surface area contributed by atoms with Gasteiger partial charge in [0.2, 0.25) is 10.0 Å². The summed E-state index contributed by atoms with van der Waals surface area (Å²) in [6.07, 6.45) is 4.09. The van der Waals surface area contributed by atoms with E-state index in [1.54, 1.807) is 30.4 Å². The van der Waals surface area contributed by atoms with Gasteiger partial charge >= 0.3 is 0 Å². The molecule has 6 nitrogen and oxygen atoms in total. The van der Waals surface area contributed by atoms with Gasteiger partial charge < -0.3 is 0 Å². The van der Waals surface area contributed by atoms with Crippen molar-refractivity contribution < 1.29 is 12.8 Å². The summed E-state index contributed by atoms with van der Waals surface area (Å²) in [5, 5.41) is 6.80. The minimum Gasteiger partial charge on any atom is -0.281 e. The Bertz CT molecular complexity index is 1120. The summed E-state index contributed by atoms with van der Waals surface area (Å²) in [6, 6.07) is 10.5. The standard InChI is InChI=1S/C22H25FN4O2S/c1-15-22(16(2)26-25-15)30(28,29)27-10-4-6-19(14-27)21-9-8-18(13-24-21)11-17-5-3-7-20(23)12-17/h3,5,7-9,12-13,19H,4,6,10-11,14H2,1-2H3,(H,25,26)/t19-/m1/s1. The van der Waals surface area contributed by atoms with Crippen LogP contribution >= 0.6 is 0 Å². The molecule has 0 aliphatic carbocycles. The molecule has 158 valence electrons. The molecule has 3 heterocycles. The Morgan fingerprint density at radius 3 is 2.70 bits per heavy atom. The van der Waals surface area contributed by atoms with Crippen LogP contribution in [0.4, 0.5) is 4.39 Å². The summed E-state index contributed by atoms with van der Waals surface area (Å²) >= 11 is 0. The zero-order chi connectivity index (χ0) is 21.3. The maximum absolute atomic E-state index is 13.4. The summed E-state index contributed by atoms with van der Waals surface area (Å²) in [6.45, 7) is 4.34. The van der Waals surface area contributed by atoms with Crippen LogP contribution in [-0.4, -0.2) is 41.0 Å². The number of hydrogen-bond donors (Lipinski definition) is 1. The van der Waals surface area contributed by atoms with Crippen LogP contribution in [0.15, 0.2) is 47.5 Å². The zero-order valence-electron chi connectivity index (χ0n) is 17.1. The lowest BCUT2D eigenvalue weighted by Gasteiger charge is -2.31. The lowest BCUT2D eigenvalue weighted by atomic mass is 9.95. The van der Waals surface area contributed by atoms with E-state index in [-0.39, 0.29) is 16.6 Å². The number of nitrogens with one attached hydrogen (secondary N) is 1. The first-order valence-electron chi connectivity index (χ1n) is 10.1. The fourth-order valence-electron chi connectivity index (χ4n) is 4.12. The first kappa shape index (κ1) is 20.7. The van der Waals surface area contributed by atoms with E-state index in [4.69, 9.17) is 0 Å². The molecule has 2 aromatic heterocycles. The number of sulfonamides is 1. The highest BCUT2D eigenvalue weighted by Crippen LogP contribution is 2.31. The van der Waals surface area contributed by atoms with Crippen LogP contribution in [0.5, 0.6) is 0 Å². The molecule has 1 aliphatic rings. The number of nitrogens with zero attached hydrogens (tertiary/aromatic N) is 3. The lowest BCUT2D eigenvalue weighted by Crippen LogP contribution is -2.39. The van der Waals surface area contributed by atoms with Crippen molar-refractivity contribution in [3.63, 3.8) is 0 Å². The van der Waals surface area contributed by atoms with Gasteiger partial charge in [-0.05, 0) is 62.4 Å². The number of rotatable bonds is 5. The van der Waals surface area contributed by atoms with Gasteiger partial charge in [0.15, 0.2) is 0 Å². The van der Waals surface area contributed by atoms with E-state index >= 15 is 0 Å². The molecule has 3 aromatic rings. The Balaban J connectivity index is 1.49. The molecule has 0 saturated carbocycles. The second-order valence-corrected chi connectivity index (χ2v) is 9.74. The fraction of sp³-hybridized carbons (Fsp3) is 0.364. The molecular formula is C22H25FN4O2S. The van der Waals surface area contributed by atoms with Crippen LogP contribution in [0.3, 0.4) is 0 Å². The Morgan fingerprint density at radius 1 is 1.20 bits per heavy atom. The van der Waals surface area contributed by atoms with E-state index in [0.29, 0.717) is 30.9 Å². The molecular weight excluding hydrogens is 403 g/mol. The number of halogens is 1. The van der Waals surface area contributed by atoms with Crippen molar-refractivity contribution in [2.45, 2.75) is 43.9 Å². The van der Waals surface area contributed by atoms with Gasteiger partial charge in [0.25, 0.3) is 0 Å². The number of pyridine rings is 1. The van der Waals surface area contributed by atoms with Crippen molar-refractivity contribution in [1.82, 2.24) is 19.5 Å². The molecule has 1 atom stereocenters. The number of hydrogen-bond acceptors (Lipinski definition) is 4. The van der Waals surface area contributed by atoms with Crippen molar-refractivity contribution in [2.24, 2.45) is 0 Å². The van der Waals surface area contributed by atoms with Gasteiger partial charge in [0.05, 0.1) is 11.4 Å². The fourth-order valence-corrected chi connectivity index (χ4v) is 5.97. The predicted octanol–water partition coefficient (Wildman–Crippen LogP) is 3.72. The number of aromatic nitrogens is 3. The molecule has 0 unspecified atom stereocenters. The van der Waals surface area contributed by atoms with Crippen LogP contribution in [-0.2, 0) is 16.4 Å². The average molecular weight is 429 g/mol. The first-order valence-corrected chi connectivity index (χ1v) is 11.5. The molecule has 8 heteroatoms. The topological polar surface area (TPSA) is 79.0 Å². The third-order valence-electron chi connectivity index (χ3n) is 5.61. The third-order valence-corrected chi connectivity index (χ3v) is 7.73. The monoisotopic (exact) mass is 428 g/mol. The Morgan fingerprint density at radius 2 is 2.03 bits per heavy atom. The summed E-state index contributed by atoms with van der Waals surface area (Å²) < 4.78 is 41.3. The minimum absolute atomic E-state index is 0.0456. The van der Waals surface area contributed by atoms with Gasteiger partial charge in [-0.1, -0.05) is 18.2 Å². The molecule has 1 fully saturated rings. The van der Waals surface area contributed by atoms with E-state index in [2.05, 4.69) is 15.2 Å². The van der Waals surface area contributed by atoms with Crippen molar-refractivity contribution >= 4 is 10.0 Å². The molecule has 0 radical (unpaired) electrons. The van der Waals surface area contributed by atoms with Gasteiger partial charge in [-0.15, -0.1) is 0 Å². The summed E-state index contributed by atoms with van der Waals surface area (Å²) in [5.74, 6) is -0.201. The van der Waals surface area contributed by atoms with E-state index in [9.17, 15) is 12.8 Å². The highest BCUT2D eigenvalue weighted by molar-refractivity contribution is 7.89. The molecule has 30 heavy (non-hydrogen) atoms. The van der Waals surface area contributed by atoms with Gasteiger partial charge in [-0.3, -0.25) is 10.1 Å². The predicted molar refractivity (Wildman–Crippen MR) is 112 cm³/mol. The van der Waals surface area contributed by atoms with Gasteiger partial charge in [0.1, 0.15) is 10.7 Å². The lowest BCUT2D eigenvalue weighted by molar-refractivity contribution is 0.312. The number of aromatic amines is 1. The van der Waals surface area contributed by atoms with E-state index in [1.165, 1.54) is 12.1 Å². The molecule has 1 aromatic carbocycles. The van der Waals surface area contributed by atoms with E-state index in [0.717, 1.165) is 29.7 Å². The Kier molecular flexibility index (Phi) is 5.71.